The number of amides is 2. The van der Waals surface area contributed by atoms with Gasteiger partial charge in [-0.1, -0.05) is 31.4 Å². The predicted molar refractivity (Wildman–Crippen MR) is 107 cm³/mol. The minimum Gasteiger partial charge on any atom is -0.478 e. The average Bonchev–Trinajstić information content (AvgIpc) is 3.17. The number of hydrogen-bond donors (Lipinski definition) is 3. The first-order valence-electron chi connectivity index (χ1n) is 9.93. The van der Waals surface area contributed by atoms with Gasteiger partial charge in [-0.15, -0.1) is 0 Å². The molecule has 1 aliphatic carbocycles. The van der Waals surface area contributed by atoms with Crippen molar-refractivity contribution in [3.63, 3.8) is 0 Å². The molecule has 1 aromatic carbocycles. The zero-order valence-electron chi connectivity index (χ0n) is 16.3. The third-order valence-corrected chi connectivity index (χ3v) is 5.07. The second-order valence-corrected chi connectivity index (χ2v) is 7.34. The van der Waals surface area contributed by atoms with Crippen LogP contribution in [0.15, 0.2) is 36.7 Å². The van der Waals surface area contributed by atoms with Gasteiger partial charge in [-0.3, -0.25) is 14.3 Å². The number of rotatable bonds is 8. The number of carboxylic acid groups (broad SMARTS) is 1. The van der Waals surface area contributed by atoms with Gasteiger partial charge < -0.3 is 15.7 Å². The van der Waals surface area contributed by atoms with Gasteiger partial charge in [0.05, 0.1) is 17.3 Å². The molecular formula is C21H26N4O4. The molecule has 8 heteroatoms. The third kappa shape index (κ3) is 6.17. The van der Waals surface area contributed by atoms with E-state index in [1.54, 1.807) is 30.5 Å². The number of aromatic nitrogens is 2. The van der Waals surface area contributed by atoms with Crippen molar-refractivity contribution >= 4 is 17.8 Å². The molecular weight excluding hydrogens is 372 g/mol. The van der Waals surface area contributed by atoms with E-state index in [2.05, 4.69) is 15.7 Å². The number of nitrogens with zero attached hydrogens (tertiary/aromatic N) is 2. The van der Waals surface area contributed by atoms with Crippen molar-refractivity contribution in [2.24, 2.45) is 0 Å². The van der Waals surface area contributed by atoms with Crippen LogP contribution in [0, 0.1) is 0 Å². The van der Waals surface area contributed by atoms with Crippen LogP contribution >= 0.6 is 0 Å². The second kappa shape index (κ2) is 9.86. The average molecular weight is 398 g/mol. The Labute approximate surface area is 169 Å². The molecule has 0 saturated heterocycles. The van der Waals surface area contributed by atoms with Crippen molar-refractivity contribution in [1.29, 1.82) is 0 Å². The van der Waals surface area contributed by atoms with Crippen LogP contribution in [0.3, 0.4) is 0 Å². The smallest absolute Gasteiger partial charge is 0.335 e. The van der Waals surface area contributed by atoms with Crippen molar-refractivity contribution in [2.75, 3.05) is 6.54 Å². The highest BCUT2D eigenvalue weighted by molar-refractivity contribution is 5.93. The lowest BCUT2D eigenvalue weighted by Crippen LogP contribution is -2.38. The Balaban J connectivity index is 1.42. The van der Waals surface area contributed by atoms with E-state index in [9.17, 15) is 14.4 Å². The number of benzene rings is 1. The Morgan fingerprint density at radius 1 is 1.07 bits per heavy atom. The summed E-state index contributed by atoms with van der Waals surface area (Å²) in [5.74, 6) is -1.31. The largest absolute Gasteiger partial charge is 0.478 e. The Morgan fingerprint density at radius 2 is 1.79 bits per heavy atom. The van der Waals surface area contributed by atoms with Gasteiger partial charge in [-0.2, -0.15) is 5.10 Å². The molecule has 154 valence electrons. The Hall–Kier alpha value is -3.16. The first kappa shape index (κ1) is 20.6. The maximum Gasteiger partial charge on any atom is 0.335 e. The molecule has 8 nitrogen and oxygen atoms in total. The van der Waals surface area contributed by atoms with E-state index in [1.807, 2.05) is 0 Å². The van der Waals surface area contributed by atoms with Gasteiger partial charge in [0.2, 0.25) is 5.91 Å². The van der Waals surface area contributed by atoms with Gasteiger partial charge in [0.1, 0.15) is 6.54 Å². The van der Waals surface area contributed by atoms with Gasteiger partial charge in [0.25, 0.3) is 5.91 Å². The van der Waals surface area contributed by atoms with Crippen LogP contribution in [-0.2, 0) is 17.8 Å². The number of aromatic carboxylic acids is 1. The quantitative estimate of drug-likeness (QED) is 0.629. The molecule has 3 rings (SSSR count). The Morgan fingerprint density at radius 3 is 2.48 bits per heavy atom. The lowest BCUT2D eigenvalue weighted by molar-refractivity contribution is -0.122. The topological polar surface area (TPSA) is 113 Å². The van der Waals surface area contributed by atoms with E-state index in [1.165, 1.54) is 17.3 Å². The standard InChI is InChI=1S/C21H26N4O4/c26-19(24-18-4-2-1-3-5-18)14-25-13-17(12-23-25)20(27)22-11-10-15-6-8-16(9-7-15)21(28)29/h6-9,12-13,18H,1-5,10-11,14H2,(H,22,27)(H,24,26)(H,28,29). The van der Waals surface area contributed by atoms with Gasteiger partial charge in [-0.05, 0) is 37.0 Å². The van der Waals surface area contributed by atoms with Gasteiger partial charge >= 0.3 is 5.97 Å². The fourth-order valence-electron chi connectivity index (χ4n) is 3.47. The van der Waals surface area contributed by atoms with E-state index in [4.69, 9.17) is 5.11 Å². The molecule has 29 heavy (non-hydrogen) atoms. The van der Waals surface area contributed by atoms with Crippen molar-refractivity contribution in [3.05, 3.63) is 53.3 Å². The van der Waals surface area contributed by atoms with E-state index >= 15 is 0 Å². The fourth-order valence-corrected chi connectivity index (χ4v) is 3.47. The SMILES string of the molecule is O=C(Cn1cc(C(=O)NCCc2ccc(C(=O)O)cc2)cn1)NC1CCCCC1. The molecule has 1 aromatic heterocycles. The molecule has 3 N–H and O–H groups in total. The number of carbonyl (C=O) groups is 3. The molecule has 0 spiro atoms. The number of nitrogens with one attached hydrogen (secondary N) is 2. The van der Waals surface area contributed by atoms with Crippen LogP contribution in [0.1, 0.15) is 58.4 Å². The zero-order chi connectivity index (χ0) is 20.6. The number of carbonyl (C=O) groups excluding carboxylic acids is 2. The lowest BCUT2D eigenvalue weighted by atomic mass is 9.95. The predicted octanol–water partition coefficient (Wildman–Crippen LogP) is 2.00. The number of carboxylic acids is 1. The summed E-state index contributed by atoms with van der Waals surface area (Å²) in [6.07, 6.45) is 9.19. The van der Waals surface area contributed by atoms with E-state index in [0.29, 0.717) is 18.5 Å². The van der Waals surface area contributed by atoms with Gasteiger partial charge in [0.15, 0.2) is 0 Å². The summed E-state index contributed by atoms with van der Waals surface area (Å²) >= 11 is 0. The number of hydrogen-bond acceptors (Lipinski definition) is 4. The molecule has 2 aromatic rings. The molecule has 0 aliphatic heterocycles. The van der Waals surface area contributed by atoms with E-state index < -0.39 is 5.97 Å². The molecule has 0 atom stereocenters. The molecule has 1 saturated carbocycles. The lowest BCUT2D eigenvalue weighted by Gasteiger charge is -2.22. The van der Waals surface area contributed by atoms with Crippen molar-refractivity contribution in [3.8, 4) is 0 Å². The van der Waals surface area contributed by atoms with Crippen molar-refractivity contribution < 1.29 is 19.5 Å². The molecule has 0 bridgehead atoms. The second-order valence-electron chi connectivity index (χ2n) is 7.34. The van der Waals surface area contributed by atoms with E-state index in [0.717, 1.165) is 31.2 Å². The fraction of sp³-hybridized carbons (Fsp3) is 0.429. The summed E-state index contributed by atoms with van der Waals surface area (Å²) in [5, 5.41) is 18.8. The normalized spacial score (nSPS) is 14.3. The maximum absolute atomic E-state index is 12.3. The summed E-state index contributed by atoms with van der Waals surface area (Å²) < 4.78 is 1.47. The van der Waals surface area contributed by atoms with Gasteiger partial charge in [-0.25, -0.2) is 4.79 Å². The van der Waals surface area contributed by atoms with Crippen molar-refractivity contribution in [1.82, 2.24) is 20.4 Å². The highest BCUT2D eigenvalue weighted by atomic mass is 16.4. The molecule has 1 aliphatic rings. The Bertz CT molecular complexity index is 854. The first-order chi connectivity index (χ1) is 14.0. The molecule has 1 heterocycles. The highest BCUT2D eigenvalue weighted by Gasteiger charge is 2.16. The zero-order valence-corrected chi connectivity index (χ0v) is 16.3. The minimum atomic E-state index is -0.964. The molecule has 0 radical (unpaired) electrons. The van der Waals surface area contributed by atoms with Gasteiger partial charge in [0, 0.05) is 18.8 Å². The minimum absolute atomic E-state index is 0.0863. The summed E-state index contributed by atoms with van der Waals surface area (Å²) in [5.41, 5.74) is 1.57. The van der Waals surface area contributed by atoms with Crippen LogP contribution in [0.25, 0.3) is 0 Å². The summed E-state index contributed by atoms with van der Waals surface area (Å²) in [6.45, 7) is 0.512. The van der Waals surface area contributed by atoms with Crippen LogP contribution in [0.2, 0.25) is 0 Å². The summed E-state index contributed by atoms with van der Waals surface area (Å²) in [6, 6.07) is 6.81. The summed E-state index contributed by atoms with van der Waals surface area (Å²) in [7, 11) is 0. The van der Waals surface area contributed by atoms with Crippen molar-refractivity contribution in [2.45, 2.75) is 51.1 Å². The summed E-state index contributed by atoms with van der Waals surface area (Å²) in [4.78, 5) is 35.2. The monoisotopic (exact) mass is 398 g/mol. The van der Waals surface area contributed by atoms with Crippen LogP contribution in [0.4, 0.5) is 0 Å². The van der Waals surface area contributed by atoms with Crippen LogP contribution in [0.5, 0.6) is 0 Å². The van der Waals surface area contributed by atoms with Crippen LogP contribution in [-0.4, -0.2) is 45.3 Å². The van der Waals surface area contributed by atoms with Crippen LogP contribution < -0.4 is 10.6 Å². The molecule has 0 unspecified atom stereocenters. The molecule has 2 amide bonds. The highest BCUT2D eigenvalue weighted by Crippen LogP contribution is 2.17. The maximum atomic E-state index is 12.3. The van der Waals surface area contributed by atoms with E-state index in [-0.39, 0.29) is 30.0 Å². The Kier molecular flexibility index (Phi) is 6.99. The third-order valence-electron chi connectivity index (χ3n) is 5.07. The first-order valence-corrected chi connectivity index (χ1v) is 9.93. The molecule has 1 fully saturated rings.